The molecule has 1 saturated heterocycles. The zero-order valence-electron chi connectivity index (χ0n) is 17.3. The number of rotatable bonds is 7. The molecule has 1 atom stereocenters. The van der Waals surface area contributed by atoms with Crippen LogP contribution in [0.4, 0.5) is 4.39 Å². The van der Waals surface area contributed by atoms with Crippen molar-refractivity contribution in [3.63, 3.8) is 0 Å². The summed E-state index contributed by atoms with van der Waals surface area (Å²) in [5.74, 6) is 0.0808. The van der Waals surface area contributed by atoms with Crippen LogP contribution in [0.3, 0.4) is 0 Å². The third kappa shape index (κ3) is 5.33. The zero-order valence-corrected chi connectivity index (χ0v) is 17.3. The number of nitrogens with zero attached hydrogens (tertiary/aromatic N) is 3. The molecule has 6 nitrogen and oxygen atoms in total. The van der Waals surface area contributed by atoms with Crippen LogP contribution < -0.4 is 4.74 Å². The Labute approximate surface area is 176 Å². The van der Waals surface area contributed by atoms with Gasteiger partial charge in [0.1, 0.15) is 18.5 Å². The number of carbonyl (C=O) groups excluding carboxylic acids is 1. The molecule has 0 amide bonds. The monoisotopic (exact) mass is 411 g/mol. The van der Waals surface area contributed by atoms with Crippen LogP contribution in [0.25, 0.3) is 0 Å². The molecule has 0 N–H and O–H groups in total. The third-order valence-electron chi connectivity index (χ3n) is 5.43. The second-order valence-corrected chi connectivity index (χ2v) is 7.35. The highest BCUT2D eigenvalue weighted by Crippen LogP contribution is 2.29. The summed E-state index contributed by atoms with van der Waals surface area (Å²) in [5, 5.41) is 8.83. The van der Waals surface area contributed by atoms with Gasteiger partial charge in [0.2, 0.25) is 5.88 Å². The Morgan fingerprint density at radius 3 is 2.77 bits per heavy atom. The summed E-state index contributed by atoms with van der Waals surface area (Å²) in [7, 11) is 0. The molecule has 2 aromatic rings. The quantitative estimate of drug-likeness (QED) is 0.645. The number of nitriles is 1. The standard InChI is InChI=1S/C23H26FN3O3/c1-3-29-23(28)16(2)27-11-9-18(10-12-27)21-5-4-6-22(26-21)30-15-19-8-7-17(14-25)13-20(19)24/h4-8,13,16,18H,3,9-12,15H2,1-2H3. The predicted molar refractivity (Wildman–Crippen MR) is 109 cm³/mol. The van der Waals surface area contributed by atoms with E-state index in [9.17, 15) is 9.18 Å². The maximum atomic E-state index is 14.0. The van der Waals surface area contributed by atoms with E-state index in [1.165, 1.54) is 6.07 Å². The molecule has 0 radical (unpaired) electrons. The number of carbonyl (C=O) groups is 1. The van der Waals surface area contributed by atoms with Crippen LogP contribution in [0.2, 0.25) is 0 Å². The molecule has 30 heavy (non-hydrogen) atoms. The molecule has 2 heterocycles. The smallest absolute Gasteiger partial charge is 0.323 e. The Bertz CT molecular complexity index is 920. The fourth-order valence-electron chi connectivity index (χ4n) is 3.62. The summed E-state index contributed by atoms with van der Waals surface area (Å²) in [5.41, 5.74) is 1.60. The number of ether oxygens (including phenoxy) is 2. The van der Waals surface area contributed by atoms with E-state index in [0.717, 1.165) is 31.6 Å². The molecule has 1 aliphatic rings. The molecule has 3 rings (SSSR count). The molecule has 7 heteroatoms. The first-order valence-electron chi connectivity index (χ1n) is 10.2. The fourth-order valence-corrected chi connectivity index (χ4v) is 3.62. The first kappa shape index (κ1) is 21.7. The summed E-state index contributed by atoms with van der Waals surface area (Å²) in [6.07, 6.45) is 1.79. The van der Waals surface area contributed by atoms with Crippen molar-refractivity contribution in [2.24, 2.45) is 0 Å². The van der Waals surface area contributed by atoms with Crippen LogP contribution in [-0.2, 0) is 16.1 Å². The molecule has 0 aliphatic carbocycles. The fraction of sp³-hybridized carbons (Fsp3) is 0.435. The molecule has 158 valence electrons. The van der Waals surface area contributed by atoms with Crippen molar-refractivity contribution in [1.29, 1.82) is 5.26 Å². The maximum Gasteiger partial charge on any atom is 0.323 e. The number of esters is 1. The summed E-state index contributed by atoms with van der Waals surface area (Å²) >= 11 is 0. The highest BCUT2D eigenvalue weighted by Gasteiger charge is 2.28. The molecule has 1 fully saturated rings. The second-order valence-electron chi connectivity index (χ2n) is 7.35. The van der Waals surface area contributed by atoms with Crippen molar-refractivity contribution in [3.8, 4) is 11.9 Å². The molecule has 0 spiro atoms. The van der Waals surface area contributed by atoms with E-state index in [0.29, 0.717) is 18.1 Å². The topological polar surface area (TPSA) is 75.4 Å². The lowest BCUT2D eigenvalue weighted by Crippen LogP contribution is -2.44. The summed E-state index contributed by atoms with van der Waals surface area (Å²) in [6.45, 7) is 5.73. The minimum absolute atomic E-state index is 0.0451. The zero-order chi connectivity index (χ0) is 21.5. The van der Waals surface area contributed by atoms with Crippen molar-refractivity contribution < 1.29 is 18.7 Å². The molecule has 0 saturated carbocycles. The first-order valence-corrected chi connectivity index (χ1v) is 10.2. The van der Waals surface area contributed by atoms with Gasteiger partial charge >= 0.3 is 5.97 Å². The van der Waals surface area contributed by atoms with E-state index in [1.807, 2.05) is 32.0 Å². The Hall–Kier alpha value is -2.98. The molecule has 1 aromatic carbocycles. The Morgan fingerprint density at radius 2 is 2.10 bits per heavy atom. The predicted octanol–water partition coefficient (Wildman–Crippen LogP) is 3.80. The largest absolute Gasteiger partial charge is 0.473 e. The van der Waals surface area contributed by atoms with Crippen LogP contribution >= 0.6 is 0 Å². The molecule has 1 aliphatic heterocycles. The minimum Gasteiger partial charge on any atom is -0.473 e. The van der Waals surface area contributed by atoms with Gasteiger partial charge in [-0.2, -0.15) is 5.26 Å². The van der Waals surface area contributed by atoms with E-state index >= 15 is 0 Å². The first-order chi connectivity index (χ1) is 14.5. The Kier molecular flexibility index (Phi) is 7.36. The Balaban J connectivity index is 1.57. The van der Waals surface area contributed by atoms with E-state index in [1.54, 1.807) is 18.2 Å². The third-order valence-corrected chi connectivity index (χ3v) is 5.43. The lowest BCUT2D eigenvalue weighted by molar-refractivity contribution is -0.149. The van der Waals surface area contributed by atoms with Crippen LogP contribution in [0.1, 0.15) is 49.4 Å². The summed E-state index contributed by atoms with van der Waals surface area (Å²) in [4.78, 5) is 18.7. The van der Waals surface area contributed by atoms with Gasteiger partial charge in [-0.1, -0.05) is 12.1 Å². The maximum absolute atomic E-state index is 14.0. The lowest BCUT2D eigenvalue weighted by Gasteiger charge is -2.34. The van der Waals surface area contributed by atoms with E-state index in [4.69, 9.17) is 14.7 Å². The van der Waals surface area contributed by atoms with Gasteiger partial charge in [0, 0.05) is 23.2 Å². The highest BCUT2D eigenvalue weighted by molar-refractivity contribution is 5.75. The lowest BCUT2D eigenvalue weighted by atomic mass is 9.92. The number of aromatic nitrogens is 1. The second kappa shape index (κ2) is 10.2. The number of pyridine rings is 1. The SMILES string of the molecule is CCOC(=O)C(C)N1CCC(c2cccc(OCc3ccc(C#N)cc3F)n2)CC1. The average molecular weight is 411 g/mol. The molecule has 1 unspecified atom stereocenters. The van der Waals surface area contributed by atoms with Crippen LogP contribution in [0, 0.1) is 17.1 Å². The minimum atomic E-state index is -0.465. The van der Waals surface area contributed by atoms with Gasteiger partial charge in [0.25, 0.3) is 0 Å². The highest BCUT2D eigenvalue weighted by atomic mass is 19.1. The van der Waals surface area contributed by atoms with E-state index in [2.05, 4.69) is 9.88 Å². The molecule has 1 aromatic heterocycles. The number of halogens is 1. The van der Waals surface area contributed by atoms with Crippen molar-refractivity contribution in [1.82, 2.24) is 9.88 Å². The molecular weight excluding hydrogens is 385 g/mol. The van der Waals surface area contributed by atoms with Crippen molar-refractivity contribution in [2.45, 2.75) is 45.3 Å². The van der Waals surface area contributed by atoms with Crippen molar-refractivity contribution >= 4 is 5.97 Å². The average Bonchev–Trinajstić information content (AvgIpc) is 2.78. The summed E-state index contributed by atoms with van der Waals surface area (Å²) in [6, 6.07) is 11.6. The van der Waals surface area contributed by atoms with Gasteiger partial charge in [-0.05, 0) is 58.0 Å². The van der Waals surface area contributed by atoms with Gasteiger partial charge in [-0.15, -0.1) is 0 Å². The van der Waals surface area contributed by atoms with Gasteiger partial charge in [0.15, 0.2) is 0 Å². The van der Waals surface area contributed by atoms with E-state index in [-0.39, 0.29) is 30.1 Å². The van der Waals surface area contributed by atoms with Crippen LogP contribution in [-0.4, -0.2) is 41.6 Å². The number of benzene rings is 1. The molecule has 0 bridgehead atoms. The van der Waals surface area contributed by atoms with Gasteiger partial charge < -0.3 is 9.47 Å². The van der Waals surface area contributed by atoms with Gasteiger partial charge in [-0.3, -0.25) is 9.69 Å². The Morgan fingerprint density at radius 1 is 1.33 bits per heavy atom. The van der Waals surface area contributed by atoms with Crippen LogP contribution in [0.15, 0.2) is 36.4 Å². The number of hydrogen-bond acceptors (Lipinski definition) is 6. The summed E-state index contributed by atoms with van der Waals surface area (Å²) < 4.78 is 24.8. The van der Waals surface area contributed by atoms with E-state index < -0.39 is 5.82 Å². The normalized spacial score (nSPS) is 15.9. The number of piperidine rings is 1. The molecular formula is C23H26FN3O3. The van der Waals surface area contributed by atoms with Crippen molar-refractivity contribution in [2.75, 3.05) is 19.7 Å². The van der Waals surface area contributed by atoms with Gasteiger partial charge in [0.05, 0.1) is 18.2 Å². The number of likely N-dealkylation sites (tertiary alicyclic amines) is 1. The van der Waals surface area contributed by atoms with Gasteiger partial charge in [-0.25, -0.2) is 9.37 Å². The van der Waals surface area contributed by atoms with Crippen molar-refractivity contribution in [3.05, 3.63) is 59.0 Å². The van der Waals surface area contributed by atoms with Crippen LogP contribution in [0.5, 0.6) is 5.88 Å². The number of hydrogen-bond donors (Lipinski definition) is 0.